The van der Waals surface area contributed by atoms with Crippen molar-refractivity contribution < 1.29 is 22.7 Å². The summed E-state index contributed by atoms with van der Waals surface area (Å²) in [6, 6.07) is 4.42. The first-order chi connectivity index (χ1) is 13.7. The van der Waals surface area contributed by atoms with E-state index in [2.05, 4.69) is 5.32 Å². The van der Waals surface area contributed by atoms with E-state index in [1.54, 1.807) is 31.7 Å². The number of nitrogens with zero attached hydrogens (tertiary/aromatic N) is 2. The van der Waals surface area contributed by atoms with Gasteiger partial charge in [0.25, 0.3) is 5.91 Å². The number of piperidine rings is 1. The van der Waals surface area contributed by atoms with Gasteiger partial charge in [-0.3, -0.25) is 9.59 Å². The molecule has 162 valence electrons. The van der Waals surface area contributed by atoms with Crippen LogP contribution >= 0.6 is 0 Å². The zero-order valence-electron chi connectivity index (χ0n) is 17.6. The Labute approximate surface area is 173 Å². The summed E-state index contributed by atoms with van der Waals surface area (Å²) in [5.74, 6) is 0.0950. The second-order valence-corrected chi connectivity index (χ2v) is 9.04. The summed E-state index contributed by atoms with van der Waals surface area (Å²) >= 11 is 0. The fourth-order valence-electron chi connectivity index (χ4n) is 3.58. The summed E-state index contributed by atoms with van der Waals surface area (Å²) in [4.78, 5) is 26.0. The van der Waals surface area contributed by atoms with E-state index in [4.69, 9.17) is 4.74 Å². The molecule has 0 saturated carbocycles. The average molecular weight is 426 g/mol. The molecule has 0 aromatic heterocycles. The number of ether oxygens (including phenoxy) is 1. The van der Waals surface area contributed by atoms with Crippen molar-refractivity contribution >= 4 is 21.8 Å². The van der Waals surface area contributed by atoms with Crippen LogP contribution in [0.5, 0.6) is 5.75 Å². The van der Waals surface area contributed by atoms with Gasteiger partial charge in [0.1, 0.15) is 10.6 Å². The highest BCUT2D eigenvalue weighted by molar-refractivity contribution is 7.89. The van der Waals surface area contributed by atoms with Crippen LogP contribution in [0.15, 0.2) is 23.1 Å². The topological polar surface area (TPSA) is 96.0 Å². The Morgan fingerprint density at radius 2 is 1.97 bits per heavy atom. The summed E-state index contributed by atoms with van der Waals surface area (Å²) < 4.78 is 32.4. The molecular weight excluding hydrogens is 394 g/mol. The van der Waals surface area contributed by atoms with E-state index in [-0.39, 0.29) is 33.9 Å². The fraction of sp³-hybridized carbons (Fsp3) is 0.600. The number of methoxy groups -OCH3 is 1. The van der Waals surface area contributed by atoms with Gasteiger partial charge in [-0.2, -0.15) is 4.31 Å². The maximum atomic E-state index is 12.9. The van der Waals surface area contributed by atoms with Crippen LogP contribution in [0.2, 0.25) is 0 Å². The van der Waals surface area contributed by atoms with Gasteiger partial charge in [-0.25, -0.2) is 8.42 Å². The van der Waals surface area contributed by atoms with Gasteiger partial charge in [-0.1, -0.05) is 13.8 Å². The second kappa shape index (κ2) is 10.1. The van der Waals surface area contributed by atoms with Crippen molar-refractivity contribution in [2.24, 2.45) is 5.92 Å². The van der Waals surface area contributed by atoms with Gasteiger partial charge in [-0.05, 0) is 37.0 Å². The Balaban J connectivity index is 2.16. The largest absolute Gasteiger partial charge is 0.495 e. The molecule has 29 heavy (non-hydrogen) atoms. The van der Waals surface area contributed by atoms with Gasteiger partial charge in [0.2, 0.25) is 15.9 Å². The molecule has 1 aromatic carbocycles. The molecule has 0 bridgehead atoms. The summed E-state index contributed by atoms with van der Waals surface area (Å²) in [7, 11) is -2.37. The van der Waals surface area contributed by atoms with Crippen molar-refractivity contribution in [3.05, 3.63) is 23.8 Å². The zero-order chi connectivity index (χ0) is 21.6. The van der Waals surface area contributed by atoms with E-state index >= 15 is 0 Å². The lowest BCUT2D eigenvalue weighted by molar-refractivity contribution is -0.130. The Morgan fingerprint density at radius 3 is 2.55 bits per heavy atom. The third kappa shape index (κ3) is 5.48. The van der Waals surface area contributed by atoms with E-state index in [1.165, 1.54) is 23.5 Å². The average Bonchev–Trinajstić information content (AvgIpc) is 2.72. The molecule has 2 amide bonds. The summed E-state index contributed by atoms with van der Waals surface area (Å²) in [6.07, 6.45) is 1.85. The maximum absolute atomic E-state index is 12.9. The molecule has 1 heterocycles. The zero-order valence-corrected chi connectivity index (χ0v) is 18.4. The van der Waals surface area contributed by atoms with Gasteiger partial charge < -0.3 is 15.0 Å². The van der Waals surface area contributed by atoms with Gasteiger partial charge in [0.15, 0.2) is 0 Å². The lowest BCUT2D eigenvalue weighted by atomic mass is 9.98. The molecule has 1 aliphatic rings. The van der Waals surface area contributed by atoms with E-state index in [0.717, 1.165) is 19.4 Å². The molecule has 1 aliphatic heterocycles. The maximum Gasteiger partial charge on any atom is 0.251 e. The normalized spacial score (nSPS) is 17.3. The number of hydrogen-bond acceptors (Lipinski definition) is 5. The fourth-order valence-corrected chi connectivity index (χ4v) is 5.22. The van der Waals surface area contributed by atoms with Gasteiger partial charge in [-0.15, -0.1) is 0 Å². The molecule has 8 nitrogen and oxygen atoms in total. The Bertz CT molecular complexity index is 837. The first-order valence-corrected chi connectivity index (χ1v) is 11.4. The van der Waals surface area contributed by atoms with Gasteiger partial charge >= 0.3 is 0 Å². The number of likely N-dealkylation sites (tertiary alicyclic amines) is 1. The predicted octanol–water partition coefficient (Wildman–Crippen LogP) is 1.71. The number of sulfonamides is 1. The number of hydrogen-bond donors (Lipinski definition) is 1. The molecule has 1 atom stereocenters. The van der Waals surface area contributed by atoms with Crippen LogP contribution in [0, 0.1) is 5.92 Å². The summed E-state index contributed by atoms with van der Waals surface area (Å²) in [6.45, 7) is 7.55. The Morgan fingerprint density at radius 1 is 1.28 bits per heavy atom. The third-order valence-electron chi connectivity index (χ3n) is 5.26. The van der Waals surface area contributed by atoms with E-state index in [0.29, 0.717) is 26.2 Å². The molecule has 1 N–H and O–H groups in total. The highest BCUT2D eigenvalue weighted by atomic mass is 32.2. The molecule has 1 unspecified atom stereocenters. The van der Waals surface area contributed by atoms with Crippen LogP contribution in [0.3, 0.4) is 0 Å². The van der Waals surface area contributed by atoms with E-state index < -0.39 is 10.0 Å². The van der Waals surface area contributed by atoms with Crippen molar-refractivity contribution in [2.45, 2.75) is 38.5 Å². The Kier molecular flexibility index (Phi) is 8.04. The van der Waals surface area contributed by atoms with E-state index in [1.807, 2.05) is 0 Å². The molecule has 1 fully saturated rings. The van der Waals surface area contributed by atoms with Crippen LogP contribution in [-0.2, 0) is 14.8 Å². The monoisotopic (exact) mass is 425 g/mol. The second-order valence-electron chi connectivity index (χ2n) is 7.14. The minimum absolute atomic E-state index is 0.0169. The molecule has 0 aliphatic carbocycles. The SMILES string of the molecule is CCN(CC)S(=O)(=O)c1cc(C(=O)NCC2CCCN(C(C)=O)C2)ccc1OC. The number of rotatable bonds is 8. The molecule has 1 saturated heterocycles. The lowest BCUT2D eigenvalue weighted by Gasteiger charge is -2.32. The van der Waals surface area contributed by atoms with Crippen LogP contribution in [0.25, 0.3) is 0 Å². The minimum atomic E-state index is -3.77. The number of nitrogens with one attached hydrogen (secondary N) is 1. The summed E-state index contributed by atoms with van der Waals surface area (Å²) in [5.41, 5.74) is 0.260. The number of carbonyl (C=O) groups is 2. The number of carbonyl (C=O) groups excluding carboxylic acids is 2. The standard InChI is InChI=1S/C20H31N3O5S/c1-5-23(6-2)29(26,27)19-12-17(9-10-18(19)28-4)20(25)21-13-16-8-7-11-22(14-16)15(3)24/h9-10,12,16H,5-8,11,13-14H2,1-4H3,(H,21,25). The molecule has 1 aromatic rings. The predicted molar refractivity (Wildman–Crippen MR) is 110 cm³/mol. The van der Waals surface area contributed by atoms with Crippen molar-refractivity contribution in [3.8, 4) is 5.75 Å². The molecule has 0 radical (unpaired) electrons. The highest BCUT2D eigenvalue weighted by Crippen LogP contribution is 2.28. The molecule has 0 spiro atoms. The van der Waals surface area contributed by atoms with Crippen molar-refractivity contribution in [1.82, 2.24) is 14.5 Å². The van der Waals surface area contributed by atoms with Crippen LogP contribution < -0.4 is 10.1 Å². The molecule has 9 heteroatoms. The van der Waals surface area contributed by atoms with Crippen LogP contribution in [-0.4, -0.2) is 69.3 Å². The van der Waals surface area contributed by atoms with E-state index in [9.17, 15) is 18.0 Å². The van der Waals surface area contributed by atoms with Crippen molar-refractivity contribution in [2.75, 3.05) is 39.8 Å². The smallest absolute Gasteiger partial charge is 0.251 e. The Hall–Kier alpha value is -2.13. The highest BCUT2D eigenvalue weighted by Gasteiger charge is 2.27. The van der Waals surface area contributed by atoms with Crippen LogP contribution in [0.4, 0.5) is 0 Å². The quantitative estimate of drug-likeness (QED) is 0.684. The minimum Gasteiger partial charge on any atom is -0.495 e. The number of amides is 2. The molecular formula is C20H31N3O5S. The van der Waals surface area contributed by atoms with Crippen LogP contribution in [0.1, 0.15) is 44.0 Å². The van der Waals surface area contributed by atoms with Gasteiger partial charge in [0.05, 0.1) is 7.11 Å². The van der Waals surface area contributed by atoms with Gasteiger partial charge in [0, 0.05) is 45.2 Å². The lowest BCUT2D eigenvalue weighted by Crippen LogP contribution is -2.42. The first-order valence-electron chi connectivity index (χ1n) is 9.96. The molecule has 2 rings (SSSR count). The van der Waals surface area contributed by atoms with Crippen molar-refractivity contribution in [1.29, 1.82) is 0 Å². The number of benzene rings is 1. The third-order valence-corrected chi connectivity index (χ3v) is 7.34. The summed E-state index contributed by atoms with van der Waals surface area (Å²) in [5, 5.41) is 2.88. The first kappa shape index (κ1) is 23.2. The van der Waals surface area contributed by atoms with Crippen molar-refractivity contribution in [3.63, 3.8) is 0 Å².